The number of hydrogen-bond donors (Lipinski definition) is 1. The third kappa shape index (κ3) is 5.93. The van der Waals surface area contributed by atoms with E-state index in [1.165, 1.54) is 4.90 Å². The number of halogens is 3. The molecule has 0 aromatic heterocycles. The molecule has 2 unspecified atom stereocenters. The van der Waals surface area contributed by atoms with Crippen LogP contribution in [0.4, 0.5) is 13.2 Å². The molecule has 1 aliphatic rings. The van der Waals surface area contributed by atoms with Crippen LogP contribution in [0.1, 0.15) is 46.0 Å². The van der Waals surface area contributed by atoms with Gasteiger partial charge in [0.2, 0.25) is 11.8 Å². The summed E-state index contributed by atoms with van der Waals surface area (Å²) in [5, 5.41) is 2.71. The van der Waals surface area contributed by atoms with Gasteiger partial charge in [0.05, 0.1) is 0 Å². The molecule has 1 N–H and O–H groups in total. The van der Waals surface area contributed by atoms with E-state index in [9.17, 15) is 22.8 Å². The Labute approximate surface area is 123 Å². The minimum absolute atomic E-state index is 0.00263. The maximum atomic E-state index is 12.4. The van der Waals surface area contributed by atoms with E-state index in [2.05, 4.69) is 5.32 Å². The summed E-state index contributed by atoms with van der Waals surface area (Å²) in [6.07, 6.45) is -3.73. The third-order valence-corrected chi connectivity index (χ3v) is 3.85. The number of carbonyl (C=O) groups excluding carboxylic acids is 2. The number of carbonyl (C=O) groups is 2. The molecule has 1 rings (SSSR count). The van der Waals surface area contributed by atoms with Gasteiger partial charge in [-0.15, -0.1) is 0 Å². The Bertz CT molecular complexity index is 372. The quantitative estimate of drug-likeness (QED) is 0.766. The van der Waals surface area contributed by atoms with Gasteiger partial charge in [-0.3, -0.25) is 9.59 Å². The molecule has 0 aromatic carbocycles. The Balaban J connectivity index is 2.55. The topological polar surface area (TPSA) is 49.4 Å². The monoisotopic (exact) mass is 308 g/mol. The highest BCUT2D eigenvalue weighted by molar-refractivity contribution is 5.90. The van der Waals surface area contributed by atoms with Gasteiger partial charge >= 0.3 is 6.18 Å². The van der Waals surface area contributed by atoms with E-state index < -0.39 is 18.6 Å². The van der Waals surface area contributed by atoms with Crippen molar-refractivity contribution in [1.29, 1.82) is 0 Å². The van der Waals surface area contributed by atoms with Crippen LogP contribution in [0.3, 0.4) is 0 Å². The fourth-order valence-electron chi connectivity index (χ4n) is 2.32. The Morgan fingerprint density at radius 1 is 1.33 bits per heavy atom. The predicted molar refractivity (Wildman–Crippen MR) is 72.5 cm³/mol. The summed E-state index contributed by atoms with van der Waals surface area (Å²) in [6.45, 7) is 4.37. The Morgan fingerprint density at radius 3 is 2.57 bits per heavy atom. The molecule has 1 aliphatic heterocycles. The molecule has 0 spiro atoms. The van der Waals surface area contributed by atoms with E-state index >= 15 is 0 Å². The number of alkyl halides is 3. The highest BCUT2D eigenvalue weighted by Crippen LogP contribution is 2.22. The van der Waals surface area contributed by atoms with Gasteiger partial charge in [0.15, 0.2) is 0 Å². The highest BCUT2D eigenvalue weighted by Gasteiger charge is 2.33. The molecule has 2 atom stereocenters. The van der Waals surface area contributed by atoms with Gasteiger partial charge in [-0.1, -0.05) is 20.3 Å². The predicted octanol–water partition coefficient (Wildman–Crippen LogP) is 2.48. The van der Waals surface area contributed by atoms with Crippen molar-refractivity contribution < 1.29 is 22.8 Å². The lowest BCUT2D eigenvalue weighted by Gasteiger charge is -2.27. The summed E-state index contributed by atoms with van der Waals surface area (Å²) in [5.41, 5.74) is 0. The molecule has 7 heteroatoms. The van der Waals surface area contributed by atoms with E-state index in [0.29, 0.717) is 6.42 Å². The Hall–Kier alpha value is -1.27. The first-order chi connectivity index (χ1) is 9.74. The number of hydrogen-bond acceptors (Lipinski definition) is 2. The number of nitrogens with one attached hydrogen (secondary N) is 1. The summed E-state index contributed by atoms with van der Waals surface area (Å²) in [5.74, 6) is -0.342. The lowest BCUT2D eigenvalue weighted by atomic mass is 9.98. The second kappa shape index (κ2) is 7.66. The van der Waals surface area contributed by atoms with Crippen LogP contribution in [-0.4, -0.2) is 42.0 Å². The van der Waals surface area contributed by atoms with E-state index in [-0.39, 0.29) is 43.7 Å². The van der Waals surface area contributed by atoms with Gasteiger partial charge in [-0.05, 0) is 18.8 Å². The first-order valence-corrected chi connectivity index (χ1v) is 7.39. The van der Waals surface area contributed by atoms with Gasteiger partial charge < -0.3 is 10.2 Å². The minimum atomic E-state index is -4.15. The molecule has 0 aromatic rings. The molecule has 1 saturated heterocycles. The second-order valence-electron chi connectivity index (χ2n) is 5.58. The van der Waals surface area contributed by atoms with E-state index in [0.717, 1.165) is 6.42 Å². The Kier molecular flexibility index (Phi) is 6.48. The summed E-state index contributed by atoms with van der Waals surface area (Å²) in [7, 11) is 0. The standard InChI is InChI=1S/C14H23F3N2O2/c1-3-10(2)12-13(21)19(9-6-11(20)18-12)8-5-4-7-14(15,16)17/h10,12H,3-9H2,1-2H3,(H,18,20). The summed E-state index contributed by atoms with van der Waals surface area (Å²) in [6, 6.07) is -0.562. The van der Waals surface area contributed by atoms with E-state index in [4.69, 9.17) is 0 Å². The van der Waals surface area contributed by atoms with Gasteiger partial charge in [0.25, 0.3) is 0 Å². The van der Waals surface area contributed by atoms with Crippen molar-refractivity contribution in [2.45, 2.75) is 58.2 Å². The highest BCUT2D eigenvalue weighted by atomic mass is 19.4. The maximum absolute atomic E-state index is 12.4. The smallest absolute Gasteiger partial charge is 0.344 e. The van der Waals surface area contributed by atoms with Gasteiger partial charge in [-0.25, -0.2) is 0 Å². The summed E-state index contributed by atoms with van der Waals surface area (Å²) in [4.78, 5) is 25.5. The van der Waals surface area contributed by atoms with Crippen molar-refractivity contribution in [3.05, 3.63) is 0 Å². The molecule has 0 saturated carbocycles. The summed E-state index contributed by atoms with van der Waals surface area (Å²) >= 11 is 0. The summed E-state index contributed by atoms with van der Waals surface area (Å²) < 4.78 is 36.3. The fraction of sp³-hybridized carbons (Fsp3) is 0.857. The molecule has 122 valence electrons. The lowest BCUT2D eigenvalue weighted by Crippen LogP contribution is -2.48. The molecule has 2 amide bonds. The number of nitrogens with zero attached hydrogens (tertiary/aromatic N) is 1. The van der Waals surface area contributed by atoms with E-state index in [1.807, 2.05) is 13.8 Å². The molecule has 1 fully saturated rings. The lowest BCUT2D eigenvalue weighted by molar-refractivity contribution is -0.137. The van der Waals surface area contributed by atoms with Gasteiger partial charge in [-0.2, -0.15) is 13.2 Å². The Morgan fingerprint density at radius 2 is 2.00 bits per heavy atom. The number of unbranched alkanes of at least 4 members (excludes halogenated alkanes) is 1. The van der Waals surface area contributed by atoms with Crippen LogP contribution in [0.15, 0.2) is 0 Å². The van der Waals surface area contributed by atoms with Gasteiger partial charge in [0.1, 0.15) is 6.04 Å². The van der Waals surface area contributed by atoms with Crippen LogP contribution in [-0.2, 0) is 9.59 Å². The van der Waals surface area contributed by atoms with Crippen molar-refractivity contribution in [1.82, 2.24) is 10.2 Å². The fourth-order valence-corrected chi connectivity index (χ4v) is 2.32. The average molecular weight is 308 g/mol. The molecule has 1 heterocycles. The normalized spacial score (nSPS) is 22.0. The number of amides is 2. The van der Waals surface area contributed by atoms with Crippen LogP contribution >= 0.6 is 0 Å². The first kappa shape index (κ1) is 17.8. The van der Waals surface area contributed by atoms with E-state index in [1.54, 1.807) is 0 Å². The molecule has 0 bridgehead atoms. The second-order valence-corrected chi connectivity index (χ2v) is 5.58. The van der Waals surface area contributed by atoms with Crippen molar-refractivity contribution >= 4 is 11.8 Å². The van der Waals surface area contributed by atoms with Crippen molar-refractivity contribution in [3.63, 3.8) is 0 Å². The van der Waals surface area contributed by atoms with Crippen LogP contribution < -0.4 is 5.32 Å². The largest absolute Gasteiger partial charge is 0.389 e. The van der Waals surface area contributed by atoms with Crippen LogP contribution in [0.5, 0.6) is 0 Å². The molecular formula is C14H23F3N2O2. The van der Waals surface area contributed by atoms with Crippen molar-refractivity contribution in [2.24, 2.45) is 5.92 Å². The first-order valence-electron chi connectivity index (χ1n) is 7.39. The zero-order valence-corrected chi connectivity index (χ0v) is 12.5. The van der Waals surface area contributed by atoms with Gasteiger partial charge in [0, 0.05) is 25.9 Å². The molecule has 0 aliphatic carbocycles. The van der Waals surface area contributed by atoms with Crippen LogP contribution in [0, 0.1) is 5.92 Å². The average Bonchev–Trinajstić information content (AvgIpc) is 2.54. The number of rotatable bonds is 6. The van der Waals surface area contributed by atoms with Crippen molar-refractivity contribution in [2.75, 3.05) is 13.1 Å². The molecule has 0 radical (unpaired) electrons. The zero-order valence-electron chi connectivity index (χ0n) is 12.5. The van der Waals surface area contributed by atoms with Crippen LogP contribution in [0.2, 0.25) is 0 Å². The third-order valence-electron chi connectivity index (χ3n) is 3.85. The maximum Gasteiger partial charge on any atom is 0.389 e. The molecular weight excluding hydrogens is 285 g/mol. The molecule has 4 nitrogen and oxygen atoms in total. The zero-order chi connectivity index (χ0) is 16.0. The van der Waals surface area contributed by atoms with Crippen LogP contribution in [0.25, 0.3) is 0 Å². The SMILES string of the molecule is CCC(C)C1NC(=O)CCN(CCCCC(F)(F)F)C1=O. The van der Waals surface area contributed by atoms with Crippen molar-refractivity contribution in [3.8, 4) is 0 Å². The molecule has 21 heavy (non-hydrogen) atoms. The minimum Gasteiger partial charge on any atom is -0.344 e.